The molecule has 2 heterocycles. The summed E-state index contributed by atoms with van der Waals surface area (Å²) in [6.45, 7) is 11.9. The van der Waals surface area contributed by atoms with Gasteiger partial charge in [-0.2, -0.15) is 0 Å². The number of likely N-dealkylation sites (N-methyl/N-ethyl adjacent to an activating group) is 1. The van der Waals surface area contributed by atoms with Gasteiger partial charge in [0.2, 0.25) is 17.7 Å². The van der Waals surface area contributed by atoms with Crippen LogP contribution in [0.2, 0.25) is 0 Å². The van der Waals surface area contributed by atoms with E-state index >= 15 is 0 Å². The molecular weight excluding hydrogens is 456 g/mol. The summed E-state index contributed by atoms with van der Waals surface area (Å²) < 4.78 is 6.32. The average molecular weight is 501 g/mol. The Kier molecular flexibility index (Phi) is 11.0. The number of amides is 3. The molecule has 3 rings (SSSR count). The number of carbonyl (C=O) groups excluding carboxylic acids is 3. The van der Waals surface area contributed by atoms with Gasteiger partial charge in [-0.1, -0.05) is 66.5 Å². The van der Waals surface area contributed by atoms with Gasteiger partial charge >= 0.3 is 0 Å². The van der Waals surface area contributed by atoms with Gasteiger partial charge in [-0.25, -0.2) is 0 Å². The summed E-state index contributed by atoms with van der Waals surface area (Å²) in [6, 6.07) is 5.23. The van der Waals surface area contributed by atoms with Gasteiger partial charge in [0.1, 0.15) is 23.9 Å². The van der Waals surface area contributed by atoms with Crippen molar-refractivity contribution < 1.29 is 19.1 Å². The maximum absolute atomic E-state index is 13.8. The van der Waals surface area contributed by atoms with Crippen LogP contribution in [0.3, 0.4) is 0 Å². The first-order valence-corrected chi connectivity index (χ1v) is 13.0. The number of benzene rings is 1. The fourth-order valence-electron chi connectivity index (χ4n) is 4.42. The second-order valence-electron chi connectivity index (χ2n) is 10.4. The zero-order valence-corrected chi connectivity index (χ0v) is 23.0. The van der Waals surface area contributed by atoms with Crippen molar-refractivity contribution in [3.05, 3.63) is 36.0 Å². The molecule has 1 aromatic carbocycles. The fraction of sp³-hybridized carbons (Fsp3) is 0.607. The average Bonchev–Trinajstić information content (AvgIpc) is 2.83. The SMILES string of the molecule is CC[C@H](C)[C@H]1NC(=O)[C@H](NC(=O)[C@@H]([C@@H](C)CC)N(C)C)[C@H](C(C)C)Oc2ccc(cc2)/C=C/NC1=O. The van der Waals surface area contributed by atoms with Crippen LogP contribution in [0.15, 0.2) is 30.5 Å². The maximum Gasteiger partial charge on any atom is 0.247 e. The van der Waals surface area contributed by atoms with Gasteiger partial charge in [-0.05, 0) is 55.6 Å². The smallest absolute Gasteiger partial charge is 0.247 e. The van der Waals surface area contributed by atoms with E-state index in [0.29, 0.717) is 12.2 Å². The predicted molar refractivity (Wildman–Crippen MR) is 143 cm³/mol. The molecule has 2 aliphatic rings. The summed E-state index contributed by atoms with van der Waals surface area (Å²) in [4.78, 5) is 42.2. The lowest BCUT2D eigenvalue weighted by molar-refractivity contribution is -0.137. The molecule has 0 radical (unpaired) electrons. The molecule has 0 unspecified atom stereocenters. The molecule has 0 spiro atoms. The summed E-state index contributed by atoms with van der Waals surface area (Å²) in [5.74, 6) is -0.528. The Bertz CT molecular complexity index is 913. The second-order valence-corrected chi connectivity index (χ2v) is 10.4. The standard InChI is InChI=1S/C28H44N4O4/c1-9-18(5)22-26(33)29-16-15-20-11-13-21(14-12-20)36-25(17(3)4)23(27(34)30-22)31-28(35)24(32(7)8)19(6)10-2/h11-19,22-25H,9-10H2,1-8H3,(H,29,33)(H,30,34)(H,31,35)/b16-15+/t18-,19-,22+,23+,24+,25-/m0/s1. The van der Waals surface area contributed by atoms with Crippen LogP contribution >= 0.6 is 0 Å². The number of hydrogen-bond donors (Lipinski definition) is 3. The van der Waals surface area contributed by atoms with Crippen LogP contribution in [-0.2, 0) is 14.4 Å². The van der Waals surface area contributed by atoms with Crippen LogP contribution < -0.4 is 20.7 Å². The minimum atomic E-state index is -0.999. The Morgan fingerprint density at radius 2 is 1.67 bits per heavy atom. The molecule has 1 aromatic rings. The number of rotatable bonds is 8. The normalized spacial score (nSPS) is 24.2. The minimum absolute atomic E-state index is 0.0814. The topological polar surface area (TPSA) is 99.8 Å². The molecule has 0 saturated heterocycles. The van der Waals surface area contributed by atoms with Crippen LogP contribution in [0, 0.1) is 17.8 Å². The van der Waals surface area contributed by atoms with Crippen LogP contribution in [0.25, 0.3) is 6.08 Å². The van der Waals surface area contributed by atoms with Crippen LogP contribution in [0.1, 0.15) is 59.9 Å². The van der Waals surface area contributed by atoms with Crippen molar-refractivity contribution in [2.45, 2.75) is 78.6 Å². The van der Waals surface area contributed by atoms with Gasteiger partial charge in [0.05, 0.1) is 6.04 Å². The quantitative estimate of drug-likeness (QED) is 0.509. The van der Waals surface area contributed by atoms with Crippen molar-refractivity contribution in [3.8, 4) is 5.75 Å². The molecule has 2 aliphatic heterocycles. The lowest BCUT2D eigenvalue weighted by Gasteiger charge is -2.35. The van der Waals surface area contributed by atoms with Gasteiger partial charge in [0.25, 0.3) is 0 Å². The largest absolute Gasteiger partial charge is 0.487 e. The van der Waals surface area contributed by atoms with Crippen molar-refractivity contribution in [2.75, 3.05) is 14.1 Å². The van der Waals surface area contributed by atoms with Crippen LogP contribution in [0.4, 0.5) is 0 Å². The van der Waals surface area contributed by atoms with E-state index in [1.165, 1.54) is 0 Å². The van der Waals surface area contributed by atoms with E-state index in [0.717, 1.165) is 12.0 Å². The third-order valence-corrected chi connectivity index (χ3v) is 7.02. The second kappa shape index (κ2) is 13.4. The molecule has 0 fully saturated rings. The van der Waals surface area contributed by atoms with E-state index in [9.17, 15) is 14.4 Å². The number of carbonyl (C=O) groups is 3. The molecule has 0 saturated carbocycles. The molecule has 3 amide bonds. The molecule has 36 heavy (non-hydrogen) atoms. The summed E-state index contributed by atoms with van der Waals surface area (Å²) in [7, 11) is 3.72. The number of nitrogens with one attached hydrogen (secondary N) is 3. The minimum Gasteiger partial charge on any atom is -0.487 e. The van der Waals surface area contributed by atoms with Crippen LogP contribution in [0.5, 0.6) is 5.75 Å². The van der Waals surface area contributed by atoms with Crippen molar-refractivity contribution in [1.82, 2.24) is 20.9 Å². The Balaban J connectivity index is 2.54. The number of nitrogens with zero attached hydrogens (tertiary/aromatic N) is 1. The van der Waals surface area contributed by atoms with Crippen LogP contribution in [-0.4, -0.2) is 60.9 Å². The lowest BCUT2D eigenvalue weighted by Crippen LogP contribution is -2.62. The van der Waals surface area contributed by atoms with Crippen molar-refractivity contribution in [1.29, 1.82) is 0 Å². The number of ether oxygens (including phenoxy) is 1. The summed E-state index contributed by atoms with van der Waals surface area (Å²) in [5.41, 5.74) is 0.900. The fourth-order valence-corrected chi connectivity index (χ4v) is 4.42. The molecule has 8 heteroatoms. The molecule has 2 bridgehead atoms. The van der Waals surface area contributed by atoms with E-state index in [-0.39, 0.29) is 29.6 Å². The first-order chi connectivity index (χ1) is 17.0. The predicted octanol–water partition coefficient (Wildman–Crippen LogP) is 3.18. The zero-order chi connectivity index (χ0) is 27.0. The molecular formula is C28H44N4O4. The monoisotopic (exact) mass is 500 g/mol. The van der Waals surface area contributed by atoms with Crippen molar-refractivity contribution >= 4 is 23.8 Å². The van der Waals surface area contributed by atoms with Gasteiger partial charge in [0, 0.05) is 6.20 Å². The van der Waals surface area contributed by atoms with E-state index in [4.69, 9.17) is 4.74 Å². The molecule has 0 aromatic heterocycles. The van der Waals surface area contributed by atoms with Gasteiger partial charge in [0.15, 0.2) is 0 Å². The summed E-state index contributed by atoms with van der Waals surface area (Å²) >= 11 is 0. The molecule has 3 N–H and O–H groups in total. The Hall–Kier alpha value is -2.87. The number of hydrogen-bond acceptors (Lipinski definition) is 5. The molecule has 6 atom stereocenters. The van der Waals surface area contributed by atoms with Crippen molar-refractivity contribution in [3.63, 3.8) is 0 Å². The zero-order valence-electron chi connectivity index (χ0n) is 23.0. The Labute approximate surface area is 216 Å². The molecule has 200 valence electrons. The Morgan fingerprint density at radius 1 is 1.03 bits per heavy atom. The van der Waals surface area contributed by atoms with Crippen molar-refractivity contribution in [2.24, 2.45) is 17.8 Å². The summed E-state index contributed by atoms with van der Waals surface area (Å²) in [5, 5.41) is 8.71. The van der Waals surface area contributed by atoms with Gasteiger partial charge in [-0.15, -0.1) is 0 Å². The Morgan fingerprint density at radius 3 is 2.19 bits per heavy atom. The highest BCUT2D eigenvalue weighted by Crippen LogP contribution is 2.22. The molecule has 8 nitrogen and oxygen atoms in total. The number of fused-ring (bicyclic) bond motifs is 10. The van der Waals surface area contributed by atoms with E-state index in [2.05, 4.69) is 16.0 Å². The third kappa shape index (κ3) is 7.56. The highest BCUT2D eigenvalue weighted by molar-refractivity contribution is 5.94. The van der Waals surface area contributed by atoms with Gasteiger partial charge in [-0.3, -0.25) is 19.3 Å². The maximum atomic E-state index is 13.8. The van der Waals surface area contributed by atoms with E-state index in [1.807, 2.05) is 84.8 Å². The highest BCUT2D eigenvalue weighted by atomic mass is 16.5. The lowest BCUT2D eigenvalue weighted by atomic mass is 9.93. The first kappa shape index (κ1) is 29.4. The molecule has 0 aliphatic carbocycles. The highest BCUT2D eigenvalue weighted by Gasteiger charge is 2.39. The van der Waals surface area contributed by atoms with E-state index < -0.39 is 30.1 Å². The van der Waals surface area contributed by atoms with E-state index in [1.54, 1.807) is 12.3 Å². The third-order valence-electron chi connectivity index (χ3n) is 7.02. The summed E-state index contributed by atoms with van der Waals surface area (Å²) in [6.07, 6.45) is 4.23. The first-order valence-electron chi connectivity index (χ1n) is 13.0. The van der Waals surface area contributed by atoms with Gasteiger partial charge < -0.3 is 20.7 Å².